The molecule has 0 fully saturated rings. The second-order valence-corrected chi connectivity index (χ2v) is 9.27. The van der Waals surface area contributed by atoms with Gasteiger partial charge in [-0.05, 0) is 71.1 Å². The van der Waals surface area contributed by atoms with Crippen LogP contribution in [0.1, 0.15) is 27.0 Å². The Bertz CT molecular complexity index is 1670. The molecule has 0 spiro atoms. The molecule has 0 atom stereocenters. The Kier molecular flexibility index (Phi) is 6.74. The number of amides is 1. The zero-order valence-electron chi connectivity index (χ0n) is 21.8. The van der Waals surface area contributed by atoms with E-state index < -0.39 is 0 Å². The second kappa shape index (κ2) is 10.3. The lowest BCUT2D eigenvalue weighted by Crippen LogP contribution is -2.24. The van der Waals surface area contributed by atoms with Crippen molar-refractivity contribution in [1.29, 1.82) is 5.41 Å². The van der Waals surface area contributed by atoms with Crippen LogP contribution in [0.5, 0.6) is 11.5 Å². The van der Waals surface area contributed by atoms with Gasteiger partial charge in [0.05, 0.1) is 32.5 Å². The zero-order valence-corrected chi connectivity index (χ0v) is 21.8. The largest absolute Gasteiger partial charge is 0.497 e. The lowest BCUT2D eigenvalue weighted by atomic mass is 9.93. The Balaban J connectivity index is 1.53. The van der Waals surface area contributed by atoms with E-state index in [9.17, 15) is 4.79 Å². The number of H-pyrrole nitrogens is 1. The molecule has 2 heterocycles. The van der Waals surface area contributed by atoms with Crippen LogP contribution in [-0.4, -0.2) is 39.5 Å². The predicted octanol–water partition coefficient (Wildman–Crippen LogP) is 4.15. The average molecular weight is 511 g/mol. The number of aryl methyl sites for hydroxylation is 2. The molecule has 0 aliphatic rings. The summed E-state index contributed by atoms with van der Waals surface area (Å²) >= 11 is 0. The molecule has 3 N–H and O–H groups in total. The van der Waals surface area contributed by atoms with Gasteiger partial charge in [-0.2, -0.15) is 5.10 Å². The fourth-order valence-electron chi connectivity index (χ4n) is 4.67. The van der Waals surface area contributed by atoms with E-state index in [-0.39, 0.29) is 5.91 Å². The highest BCUT2D eigenvalue weighted by Crippen LogP contribution is 2.32. The van der Waals surface area contributed by atoms with E-state index in [0.29, 0.717) is 35.8 Å². The van der Waals surface area contributed by atoms with Crippen molar-refractivity contribution < 1.29 is 14.3 Å². The van der Waals surface area contributed by atoms with Gasteiger partial charge >= 0.3 is 0 Å². The van der Waals surface area contributed by atoms with E-state index in [1.54, 1.807) is 24.9 Å². The van der Waals surface area contributed by atoms with Crippen LogP contribution in [0.25, 0.3) is 22.0 Å². The van der Waals surface area contributed by atoms with Gasteiger partial charge in [0, 0.05) is 43.0 Å². The molecule has 0 aliphatic heterocycles. The number of benzene rings is 3. The number of fused-ring (bicyclic) bond motifs is 1. The highest BCUT2D eigenvalue weighted by atomic mass is 16.5. The number of nitrogens with one attached hydrogen (secondary N) is 3. The first kappa shape index (κ1) is 24.9. The van der Waals surface area contributed by atoms with Gasteiger partial charge in [0.1, 0.15) is 11.5 Å². The number of rotatable bonds is 8. The third-order valence-electron chi connectivity index (χ3n) is 6.67. The lowest BCUT2D eigenvalue weighted by molar-refractivity contribution is 0.0950. The fourth-order valence-corrected chi connectivity index (χ4v) is 4.67. The standard InChI is InChI=1S/C29H30N6O3/c1-18-5-6-26-25(16-32-33-26)27(18)21-9-20(17-35-8-7-34(2)29(35)30)10-22(13-21)28(36)31-15-19-11-23(37-3)14-24(12-19)38-4/h5-14,16,30H,15,17H2,1-4H3,(H,31,36)(H,32,33). The molecule has 1 amide bonds. The van der Waals surface area contributed by atoms with Gasteiger partial charge in [-0.1, -0.05) is 6.07 Å². The molecule has 0 saturated heterocycles. The quantitative estimate of drug-likeness (QED) is 0.291. The van der Waals surface area contributed by atoms with Gasteiger partial charge in [-0.15, -0.1) is 0 Å². The maximum absolute atomic E-state index is 13.4. The molecule has 0 aliphatic carbocycles. The van der Waals surface area contributed by atoms with Gasteiger partial charge in [-0.3, -0.25) is 15.3 Å². The summed E-state index contributed by atoms with van der Waals surface area (Å²) in [7, 11) is 5.03. The number of hydrogen-bond acceptors (Lipinski definition) is 5. The van der Waals surface area contributed by atoms with Crippen molar-refractivity contribution in [3.05, 3.63) is 95.0 Å². The topological polar surface area (TPSA) is 110 Å². The van der Waals surface area contributed by atoms with Crippen LogP contribution in [0.15, 0.2) is 67.1 Å². The predicted molar refractivity (Wildman–Crippen MR) is 145 cm³/mol. The van der Waals surface area contributed by atoms with E-state index in [1.807, 2.05) is 66.6 Å². The van der Waals surface area contributed by atoms with Gasteiger partial charge in [0.25, 0.3) is 5.91 Å². The van der Waals surface area contributed by atoms with Crippen LogP contribution in [-0.2, 0) is 20.1 Å². The maximum atomic E-state index is 13.4. The first-order chi connectivity index (χ1) is 18.4. The molecule has 3 aromatic carbocycles. The number of aromatic nitrogens is 4. The summed E-state index contributed by atoms with van der Waals surface area (Å²) in [4.78, 5) is 13.4. The van der Waals surface area contributed by atoms with Crippen molar-refractivity contribution in [2.75, 3.05) is 14.2 Å². The van der Waals surface area contributed by atoms with Gasteiger partial charge in [0.2, 0.25) is 5.62 Å². The molecular formula is C29H30N6O3. The van der Waals surface area contributed by atoms with Crippen LogP contribution < -0.4 is 20.4 Å². The van der Waals surface area contributed by atoms with E-state index in [1.165, 1.54) is 0 Å². The molecule has 9 heteroatoms. The third kappa shape index (κ3) is 4.90. The second-order valence-electron chi connectivity index (χ2n) is 9.27. The Morgan fingerprint density at radius 1 is 1.03 bits per heavy atom. The summed E-state index contributed by atoms with van der Waals surface area (Å²) in [6.45, 7) is 2.83. The highest BCUT2D eigenvalue weighted by molar-refractivity contribution is 6.00. The van der Waals surface area contributed by atoms with Crippen molar-refractivity contribution in [2.24, 2.45) is 7.05 Å². The van der Waals surface area contributed by atoms with Crippen molar-refractivity contribution in [3.63, 3.8) is 0 Å². The molecule has 0 radical (unpaired) electrons. The highest BCUT2D eigenvalue weighted by Gasteiger charge is 2.15. The summed E-state index contributed by atoms with van der Waals surface area (Å²) in [5.74, 6) is 1.12. The first-order valence-electron chi connectivity index (χ1n) is 12.2. The summed E-state index contributed by atoms with van der Waals surface area (Å²) in [5, 5.41) is 19.6. The van der Waals surface area contributed by atoms with Gasteiger partial charge < -0.3 is 23.9 Å². The molecule has 38 heavy (non-hydrogen) atoms. The minimum atomic E-state index is -0.198. The smallest absolute Gasteiger partial charge is 0.251 e. The molecule has 0 unspecified atom stereocenters. The molecule has 5 aromatic rings. The molecule has 194 valence electrons. The van der Waals surface area contributed by atoms with Crippen molar-refractivity contribution in [2.45, 2.75) is 20.0 Å². The summed E-state index contributed by atoms with van der Waals surface area (Å²) < 4.78 is 14.3. The summed E-state index contributed by atoms with van der Waals surface area (Å²) in [6, 6.07) is 15.5. The normalized spacial score (nSPS) is 11.1. The van der Waals surface area contributed by atoms with E-state index in [0.717, 1.165) is 38.7 Å². The lowest BCUT2D eigenvalue weighted by Gasteiger charge is -2.14. The first-order valence-corrected chi connectivity index (χ1v) is 12.2. The molecular weight excluding hydrogens is 480 g/mol. The molecule has 0 saturated carbocycles. The van der Waals surface area contributed by atoms with E-state index in [2.05, 4.69) is 28.5 Å². The number of hydrogen-bond donors (Lipinski definition) is 3. The zero-order chi connectivity index (χ0) is 26.8. The number of methoxy groups -OCH3 is 2. The van der Waals surface area contributed by atoms with Crippen molar-refractivity contribution in [1.82, 2.24) is 24.6 Å². The molecule has 0 bridgehead atoms. The summed E-state index contributed by atoms with van der Waals surface area (Å²) in [5.41, 5.74) is 6.65. The van der Waals surface area contributed by atoms with Crippen LogP contribution >= 0.6 is 0 Å². The number of aromatic amines is 1. The van der Waals surface area contributed by atoms with Crippen LogP contribution in [0.2, 0.25) is 0 Å². The Morgan fingerprint density at radius 2 is 1.79 bits per heavy atom. The third-order valence-corrected chi connectivity index (χ3v) is 6.67. The van der Waals surface area contributed by atoms with Gasteiger partial charge in [-0.25, -0.2) is 0 Å². The molecule has 9 nitrogen and oxygen atoms in total. The number of carbonyl (C=O) groups is 1. The molecule has 5 rings (SSSR count). The SMILES string of the molecule is COc1cc(CNC(=O)c2cc(Cn3ccn(C)c3=N)cc(-c3c(C)ccc4[nH]ncc34)c2)cc(OC)c1. The Morgan fingerprint density at radius 3 is 2.47 bits per heavy atom. The Labute approximate surface area is 220 Å². The van der Waals surface area contributed by atoms with Crippen molar-refractivity contribution >= 4 is 16.8 Å². The molecule has 2 aromatic heterocycles. The fraction of sp³-hybridized carbons (Fsp3) is 0.207. The minimum absolute atomic E-state index is 0.198. The van der Waals surface area contributed by atoms with Crippen LogP contribution in [0, 0.1) is 12.3 Å². The number of nitrogens with zero attached hydrogens (tertiary/aromatic N) is 3. The maximum Gasteiger partial charge on any atom is 0.251 e. The number of imidazole rings is 1. The van der Waals surface area contributed by atoms with E-state index in [4.69, 9.17) is 14.9 Å². The van der Waals surface area contributed by atoms with Crippen LogP contribution in [0.4, 0.5) is 0 Å². The minimum Gasteiger partial charge on any atom is -0.497 e. The average Bonchev–Trinajstić information content (AvgIpc) is 3.53. The van der Waals surface area contributed by atoms with E-state index >= 15 is 0 Å². The number of carbonyl (C=O) groups excluding carboxylic acids is 1. The van der Waals surface area contributed by atoms with Crippen molar-refractivity contribution in [3.8, 4) is 22.6 Å². The van der Waals surface area contributed by atoms with Gasteiger partial charge in [0.15, 0.2) is 0 Å². The summed E-state index contributed by atoms with van der Waals surface area (Å²) in [6.07, 6.45) is 5.53. The van der Waals surface area contributed by atoms with Crippen LogP contribution in [0.3, 0.4) is 0 Å². The number of ether oxygens (including phenoxy) is 2. The monoisotopic (exact) mass is 510 g/mol. The Hall–Kier alpha value is -4.79.